The first kappa shape index (κ1) is 17.7. The Morgan fingerprint density at radius 2 is 1.57 bits per heavy atom. The van der Waals surface area contributed by atoms with Crippen molar-refractivity contribution in [2.24, 2.45) is 4.40 Å². The van der Waals surface area contributed by atoms with Crippen LogP contribution < -0.4 is 0 Å². The molecule has 0 atom stereocenters. The zero-order valence-corrected chi connectivity index (χ0v) is 14.1. The number of aryl methyl sites for hydroxylation is 1. The van der Waals surface area contributed by atoms with Crippen LogP contribution in [-0.4, -0.2) is 32.7 Å². The van der Waals surface area contributed by atoms with Gasteiger partial charge in [-0.05, 0) is 31.9 Å². The Bertz CT molecular complexity index is 528. The fourth-order valence-electron chi connectivity index (χ4n) is 1.85. The molecule has 0 aliphatic rings. The number of sulfonamides is 1. The minimum atomic E-state index is -3.59. The maximum absolute atomic E-state index is 12.2. The van der Waals surface area contributed by atoms with Gasteiger partial charge in [-0.15, -0.1) is 4.40 Å². The van der Waals surface area contributed by atoms with E-state index in [1.54, 1.807) is 24.3 Å². The summed E-state index contributed by atoms with van der Waals surface area (Å²) >= 11 is 0. The van der Waals surface area contributed by atoms with E-state index in [0.717, 1.165) is 44.3 Å². The predicted molar refractivity (Wildman–Crippen MR) is 88.2 cm³/mol. The van der Waals surface area contributed by atoms with Crippen LogP contribution >= 0.6 is 0 Å². The van der Waals surface area contributed by atoms with Crippen molar-refractivity contribution in [3.05, 3.63) is 29.8 Å². The first-order valence-electron chi connectivity index (χ1n) is 7.60. The molecule has 21 heavy (non-hydrogen) atoms. The van der Waals surface area contributed by atoms with E-state index in [2.05, 4.69) is 18.2 Å². The molecule has 0 spiro atoms. The van der Waals surface area contributed by atoms with Gasteiger partial charge < -0.3 is 4.90 Å². The minimum Gasteiger partial charge on any atom is -0.362 e. The van der Waals surface area contributed by atoms with Gasteiger partial charge in [0.15, 0.2) is 0 Å². The molecule has 0 saturated heterocycles. The Labute approximate surface area is 128 Å². The summed E-state index contributed by atoms with van der Waals surface area (Å²) in [5.74, 6) is 0. The van der Waals surface area contributed by atoms with Gasteiger partial charge in [0.1, 0.15) is 6.34 Å². The molecular weight excluding hydrogens is 284 g/mol. The highest BCUT2D eigenvalue weighted by Crippen LogP contribution is 2.13. The van der Waals surface area contributed by atoms with Crippen LogP contribution in [0, 0.1) is 6.92 Å². The molecule has 0 N–H and O–H groups in total. The van der Waals surface area contributed by atoms with Crippen LogP contribution in [0.5, 0.6) is 0 Å². The zero-order chi connectivity index (χ0) is 15.7. The Hall–Kier alpha value is -1.36. The Balaban J connectivity index is 2.79. The molecule has 118 valence electrons. The molecule has 0 heterocycles. The predicted octanol–water partition coefficient (Wildman–Crippen LogP) is 3.61. The molecular formula is C16H26N2O2S. The van der Waals surface area contributed by atoms with Crippen LogP contribution in [0.15, 0.2) is 33.6 Å². The van der Waals surface area contributed by atoms with E-state index < -0.39 is 10.0 Å². The minimum absolute atomic E-state index is 0.246. The van der Waals surface area contributed by atoms with E-state index in [0.29, 0.717) is 0 Å². The summed E-state index contributed by atoms with van der Waals surface area (Å²) in [5, 5.41) is 0. The topological polar surface area (TPSA) is 49.7 Å². The van der Waals surface area contributed by atoms with Gasteiger partial charge in [0.25, 0.3) is 10.0 Å². The molecule has 0 aliphatic carbocycles. The second-order valence-electron chi connectivity index (χ2n) is 5.25. The summed E-state index contributed by atoms with van der Waals surface area (Å²) in [6, 6.07) is 6.78. The van der Waals surface area contributed by atoms with E-state index >= 15 is 0 Å². The molecule has 0 amide bonds. The molecule has 4 nitrogen and oxygen atoms in total. The highest BCUT2D eigenvalue weighted by Gasteiger charge is 2.11. The average Bonchev–Trinajstić information content (AvgIpc) is 2.47. The van der Waals surface area contributed by atoms with Crippen molar-refractivity contribution in [3.63, 3.8) is 0 Å². The first-order chi connectivity index (χ1) is 9.99. The van der Waals surface area contributed by atoms with Crippen LogP contribution in [0.4, 0.5) is 0 Å². The zero-order valence-electron chi connectivity index (χ0n) is 13.2. The van der Waals surface area contributed by atoms with Gasteiger partial charge in [-0.3, -0.25) is 0 Å². The Morgan fingerprint density at radius 1 is 1.05 bits per heavy atom. The highest BCUT2D eigenvalue weighted by molar-refractivity contribution is 7.90. The smallest absolute Gasteiger partial charge is 0.283 e. The van der Waals surface area contributed by atoms with E-state index in [4.69, 9.17) is 0 Å². The van der Waals surface area contributed by atoms with Crippen molar-refractivity contribution in [1.29, 1.82) is 0 Å². The lowest BCUT2D eigenvalue weighted by Gasteiger charge is -2.18. The third-order valence-electron chi connectivity index (χ3n) is 3.27. The second-order valence-corrected chi connectivity index (χ2v) is 6.88. The number of unbranched alkanes of at least 4 members (excludes halogenated alkanes) is 2. The fourth-order valence-corrected chi connectivity index (χ4v) is 2.71. The largest absolute Gasteiger partial charge is 0.362 e. The molecule has 0 fully saturated rings. The van der Waals surface area contributed by atoms with Gasteiger partial charge in [0, 0.05) is 13.1 Å². The lowest BCUT2D eigenvalue weighted by atomic mass is 10.2. The molecule has 0 aromatic heterocycles. The Kier molecular flexibility index (Phi) is 7.43. The molecule has 1 aromatic carbocycles. The summed E-state index contributed by atoms with van der Waals surface area (Å²) in [5.41, 5.74) is 1.03. The average molecular weight is 310 g/mol. The van der Waals surface area contributed by atoms with E-state index in [9.17, 15) is 8.42 Å². The lowest BCUT2D eigenvalue weighted by molar-refractivity contribution is 0.409. The number of hydrogen-bond acceptors (Lipinski definition) is 2. The second kappa shape index (κ2) is 8.82. The van der Waals surface area contributed by atoms with Gasteiger partial charge in [0.2, 0.25) is 0 Å². The van der Waals surface area contributed by atoms with E-state index in [1.165, 1.54) is 6.34 Å². The molecule has 1 aromatic rings. The summed E-state index contributed by atoms with van der Waals surface area (Å²) < 4.78 is 28.2. The number of benzene rings is 1. The van der Waals surface area contributed by atoms with E-state index in [1.807, 2.05) is 11.8 Å². The van der Waals surface area contributed by atoms with Crippen LogP contribution in [0.1, 0.15) is 45.1 Å². The van der Waals surface area contributed by atoms with Crippen molar-refractivity contribution in [3.8, 4) is 0 Å². The summed E-state index contributed by atoms with van der Waals surface area (Å²) in [6.07, 6.45) is 5.74. The van der Waals surface area contributed by atoms with Gasteiger partial charge in [-0.25, -0.2) is 0 Å². The van der Waals surface area contributed by atoms with Gasteiger partial charge in [-0.1, -0.05) is 44.4 Å². The summed E-state index contributed by atoms with van der Waals surface area (Å²) in [7, 11) is -3.59. The van der Waals surface area contributed by atoms with E-state index in [-0.39, 0.29) is 4.90 Å². The van der Waals surface area contributed by atoms with Crippen molar-refractivity contribution in [1.82, 2.24) is 4.90 Å². The highest BCUT2D eigenvalue weighted by atomic mass is 32.2. The lowest BCUT2D eigenvalue weighted by Crippen LogP contribution is -2.25. The standard InChI is InChI=1S/C16H26N2O2S/c1-4-6-12-18(13-7-5-2)14-17-21(19,20)16-10-8-15(3)9-11-16/h8-11,14H,4-7,12-13H2,1-3H3/b17-14+. The SMILES string of the molecule is CCCCN(/C=N/S(=O)(=O)c1ccc(C)cc1)CCCC. The maximum atomic E-state index is 12.2. The number of hydrogen-bond donors (Lipinski definition) is 0. The third-order valence-corrected chi connectivity index (χ3v) is 4.51. The summed E-state index contributed by atoms with van der Waals surface area (Å²) in [4.78, 5) is 2.24. The first-order valence-corrected chi connectivity index (χ1v) is 9.04. The van der Waals surface area contributed by atoms with Crippen molar-refractivity contribution in [2.75, 3.05) is 13.1 Å². The monoisotopic (exact) mass is 310 g/mol. The molecule has 0 unspecified atom stereocenters. The number of nitrogens with zero attached hydrogens (tertiary/aromatic N) is 2. The van der Waals surface area contributed by atoms with Gasteiger partial charge in [-0.2, -0.15) is 8.42 Å². The normalized spacial score (nSPS) is 12.0. The fraction of sp³-hybridized carbons (Fsp3) is 0.562. The molecule has 5 heteroatoms. The van der Waals surface area contributed by atoms with Gasteiger partial charge >= 0.3 is 0 Å². The molecule has 0 saturated carbocycles. The van der Waals surface area contributed by atoms with Crippen molar-refractivity contribution < 1.29 is 8.42 Å². The van der Waals surface area contributed by atoms with Crippen LogP contribution in [-0.2, 0) is 10.0 Å². The third kappa shape index (κ3) is 6.29. The van der Waals surface area contributed by atoms with Crippen LogP contribution in [0.25, 0.3) is 0 Å². The van der Waals surface area contributed by atoms with Crippen LogP contribution in [0.2, 0.25) is 0 Å². The molecule has 0 bridgehead atoms. The van der Waals surface area contributed by atoms with Crippen molar-refractivity contribution in [2.45, 2.75) is 51.3 Å². The molecule has 0 radical (unpaired) electrons. The summed E-state index contributed by atoms with van der Waals surface area (Å²) in [6.45, 7) is 7.88. The molecule has 0 aliphatic heterocycles. The van der Waals surface area contributed by atoms with Gasteiger partial charge in [0.05, 0.1) is 4.90 Å². The Morgan fingerprint density at radius 3 is 2.05 bits per heavy atom. The molecule has 1 rings (SSSR count). The van der Waals surface area contributed by atoms with Crippen molar-refractivity contribution >= 4 is 16.4 Å². The van der Waals surface area contributed by atoms with Crippen LogP contribution in [0.3, 0.4) is 0 Å². The quantitative estimate of drug-likeness (QED) is 0.517. The number of rotatable bonds is 9. The maximum Gasteiger partial charge on any atom is 0.283 e.